The van der Waals surface area contributed by atoms with Crippen molar-refractivity contribution in [3.63, 3.8) is 0 Å². The largest absolute Gasteiger partial charge is 0.462 e. The van der Waals surface area contributed by atoms with Gasteiger partial charge in [-0.2, -0.15) is 0 Å². The topological polar surface area (TPSA) is 50.4 Å². The number of thiocarbonyl (C=S) groups is 1. The fourth-order valence-electron chi connectivity index (χ4n) is 2.82. The quantitative estimate of drug-likeness (QED) is 0.313. The Morgan fingerprint density at radius 3 is 2.48 bits per heavy atom. The zero-order valence-corrected chi connectivity index (χ0v) is 18.9. The summed E-state index contributed by atoms with van der Waals surface area (Å²) in [5, 5.41) is 8.01. The highest BCUT2D eigenvalue weighted by molar-refractivity contribution is 7.80. The molecule has 0 amide bonds. The smallest absolute Gasteiger partial charge is 0.341 e. The first-order valence-corrected chi connectivity index (χ1v) is 10.8. The standard InChI is InChI=1S/C21H18Cl2N2O2S2/c1-3-27-20(26)18-17(13-7-5-4-6-8-13)12(2)29-19(18)25-21(28)24-14-9-10-15(22)16(23)11-14/h4-11H,3H2,1-2H3,(H2,24,25,28). The lowest BCUT2D eigenvalue weighted by molar-refractivity contribution is 0.0529. The molecule has 2 N–H and O–H groups in total. The molecule has 0 radical (unpaired) electrons. The minimum absolute atomic E-state index is 0.285. The predicted octanol–water partition coefficient (Wildman–Crippen LogP) is 7.02. The lowest BCUT2D eigenvalue weighted by Crippen LogP contribution is -2.20. The predicted molar refractivity (Wildman–Crippen MR) is 127 cm³/mol. The molecule has 0 atom stereocenters. The minimum Gasteiger partial charge on any atom is -0.462 e. The number of hydrogen-bond acceptors (Lipinski definition) is 4. The van der Waals surface area contributed by atoms with E-state index in [1.165, 1.54) is 11.3 Å². The Labute approximate surface area is 188 Å². The van der Waals surface area contributed by atoms with E-state index in [-0.39, 0.29) is 6.61 Å². The summed E-state index contributed by atoms with van der Waals surface area (Å²) in [4.78, 5) is 13.7. The van der Waals surface area contributed by atoms with Crippen molar-refractivity contribution in [3.05, 3.63) is 69.0 Å². The van der Waals surface area contributed by atoms with Crippen LogP contribution >= 0.6 is 46.8 Å². The Bertz CT molecular complexity index is 1050. The Morgan fingerprint density at radius 2 is 1.83 bits per heavy atom. The third-order valence-electron chi connectivity index (χ3n) is 4.03. The van der Waals surface area contributed by atoms with Crippen LogP contribution in [-0.2, 0) is 4.74 Å². The van der Waals surface area contributed by atoms with Gasteiger partial charge in [0.2, 0.25) is 0 Å². The number of thiophene rings is 1. The average molecular weight is 465 g/mol. The van der Waals surface area contributed by atoms with Gasteiger partial charge in [0.15, 0.2) is 5.11 Å². The number of ether oxygens (including phenoxy) is 1. The molecule has 2 aromatic carbocycles. The van der Waals surface area contributed by atoms with Crippen LogP contribution < -0.4 is 10.6 Å². The number of hydrogen-bond donors (Lipinski definition) is 2. The molecule has 8 heteroatoms. The van der Waals surface area contributed by atoms with E-state index in [4.69, 9.17) is 40.2 Å². The van der Waals surface area contributed by atoms with Crippen LogP contribution in [0.4, 0.5) is 10.7 Å². The number of aryl methyl sites for hydroxylation is 1. The fraction of sp³-hybridized carbons (Fsp3) is 0.143. The summed E-state index contributed by atoms with van der Waals surface area (Å²) in [7, 11) is 0. The Balaban J connectivity index is 1.93. The molecule has 3 rings (SSSR count). The van der Waals surface area contributed by atoms with Gasteiger partial charge >= 0.3 is 5.97 Å². The molecule has 150 valence electrons. The SMILES string of the molecule is CCOC(=O)c1c(NC(=S)Nc2ccc(Cl)c(Cl)c2)sc(C)c1-c1ccccc1. The number of rotatable bonds is 5. The summed E-state index contributed by atoms with van der Waals surface area (Å²) < 4.78 is 5.30. The lowest BCUT2D eigenvalue weighted by atomic mass is 10.0. The van der Waals surface area contributed by atoms with Crippen LogP contribution in [0.5, 0.6) is 0 Å². The first-order valence-electron chi connectivity index (χ1n) is 8.79. The molecule has 1 aromatic heterocycles. The van der Waals surface area contributed by atoms with Crippen molar-refractivity contribution < 1.29 is 9.53 Å². The van der Waals surface area contributed by atoms with Crippen LogP contribution in [0, 0.1) is 6.92 Å². The van der Waals surface area contributed by atoms with Crippen molar-refractivity contribution in [1.82, 2.24) is 0 Å². The molecule has 4 nitrogen and oxygen atoms in total. The van der Waals surface area contributed by atoms with E-state index in [2.05, 4.69) is 10.6 Å². The number of anilines is 2. The molecule has 0 aliphatic heterocycles. The number of halogens is 2. The Kier molecular flexibility index (Phi) is 7.14. The number of nitrogens with one attached hydrogen (secondary N) is 2. The molecule has 29 heavy (non-hydrogen) atoms. The third-order valence-corrected chi connectivity index (χ3v) is 5.99. The van der Waals surface area contributed by atoms with Gasteiger partial charge in [0.25, 0.3) is 0 Å². The van der Waals surface area contributed by atoms with E-state index in [0.717, 1.165) is 16.0 Å². The molecular formula is C21H18Cl2N2O2S2. The molecule has 3 aromatic rings. The van der Waals surface area contributed by atoms with Crippen molar-refractivity contribution >= 4 is 68.5 Å². The number of benzene rings is 2. The number of carbonyl (C=O) groups is 1. The highest BCUT2D eigenvalue weighted by Crippen LogP contribution is 2.40. The van der Waals surface area contributed by atoms with Gasteiger partial charge in [0, 0.05) is 16.1 Å². The molecule has 0 saturated carbocycles. The zero-order valence-electron chi connectivity index (χ0n) is 15.7. The molecule has 0 fully saturated rings. The highest BCUT2D eigenvalue weighted by Gasteiger charge is 2.24. The zero-order chi connectivity index (χ0) is 21.0. The van der Waals surface area contributed by atoms with Crippen molar-refractivity contribution in [3.8, 4) is 11.1 Å². The second-order valence-electron chi connectivity index (χ2n) is 6.03. The first-order chi connectivity index (χ1) is 13.9. The second kappa shape index (κ2) is 9.59. The van der Waals surface area contributed by atoms with Gasteiger partial charge in [-0.3, -0.25) is 0 Å². The van der Waals surface area contributed by atoms with E-state index in [9.17, 15) is 4.79 Å². The maximum absolute atomic E-state index is 12.7. The summed E-state index contributed by atoms with van der Waals surface area (Å²) in [6.45, 7) is 4.03. The molecule has 0 unspecified atom stereocenters. The normalized spacial score (nSPS) is 10.5. The molecule has 0 spiro atoms. The van der Waals surface area contributed by atoms with Crippen LogP contribution in [0.3, 0.4) is 0 Å². The fourth-order valence-corrected chi connectivity index (χ4v) is 4.47. The van der Waals surface area contributed by atoms with Crippen molar-refractivity contribution in [2.45, 2.75) is 13.8 Å². The van der Waals surface area contributed by atoms with Gasteiger partial charge in [0.05, 0.1) is 16.7 Å². The molecular weight excluding hydrogens is 447 g/mol. The van der Waals surface area contributed by atoms with Crippen molar-refractivity contribution in [1.29, 1.82) is 0 Å². The number of esters is 1. The summed E-state index contributed by atoms with van der Waals surface area (Å²) in [5.41, 5.74) is 2.94. The Hall–Kier alpha value is -2.12. The van der Waals surface area contributed by atoms with Crippen LogP contribution in [0.25, 0.3) is 11.1 Å². The monoisotopic (exact) mass is 464 g/mol. The van der Waals surface area contributed by atoms with E-state index < -0.39 is 5.97 Å². The second-order valence-corrected chi connectivity index (χ2v) is 8.48. The molecule has 0 aliphatic rings. The van der Waals surface area contributed by atoms with Gasteiger partial charge in [-0.1, -0.05) is 53.5 Å². The first kappa shape index (κ1) is 21.6. The Morgan fingerprint density at radius 1 is 1.10 bits per heavy atom. The third kappa shape index (κ3) is 5.08. The van der Waals surface area contributed by atoms with Crippen molar-refractivity contribution in [2.24, 2.45) is 0 Å². The van der Waals surface area contributed by atoms with Crippen LogP contribution in [0.1, 0.15) is 22.2 Å². The molecule has 0 bridgehead atoms. The lowest BCUT2D eigenvalue weighted by Gasteiger charge is -2.12. The summed E-state index contributed by atoms with van der Waals surface area (Å²) in [6.07, 6.45) is 0. The maximum atomic E-state index is 12.7. The van der Waals surface area contributed by atoms with Gasteiger partial charge in [0.1, 0.15) is 10.6 Å². The van der Waals surface area contributed by atoms with Crippen molar-refractivity contribution in [2.75, 3.05) is 17.2 Å². The van der Waals surface area contributed by atoms with Crippen LogP contribution in [-0.4, -0.2) is 17.7 Å². The van der Waals surface area contributed by atoms with Crippen LogP contribution in [0.15, 0.2) is 48.5 Å². The summed E-state index contributed by atoms with van der Waals surface area (Å²) >= 11 is 18.9. The molecule has 1 heterocycles. The summed E-state index contributed by atoms with van der Waals surface area (Å²) in [5.74, 6) is -0.393. The van der Waals surface area contributed by atoms with E-state index >= 15 is 0 Å². The van der Waals surface area contributed by atoms with E-state index in [1.807, 2.05) is 37.3 Å². The minimum atomic E-state index is -0.393. The average Bonchev–Trinajstić information content (AvgIpc) is 3.01. The maximum Gasteiger partial charge on any atom is 0.341 e. The van der Waals surface area contributed by atoms with Crippen LogP contribution in [0.2, 0.25) is 10.0 Å². The number of carbonyl (C=O) groups excluding carboxylic acids is 1. The van der Waals surface area contributed by atoms with Gasteiger partial charge in [-0.05, 0) is 49.8 Å². The highest BCUT2D eigenvalue weighted by atomic mass is 35.5. The van der Waals surface area contributed by atoms with E-state index in [0.29, 0.717) is 31.4 Å². The van der Waals surface area contributed by atoms with Gasteiger partial charge < -0.3 is 15.4 Å². The van der Waals surface area contributed by atoms with E-state index in [1.54, 1.807) is 25.1 Å². The molecule has 0 saturated heterocycles. The van der Waals surface area contributed by atoms with Gasteiger partial charge in [-0.15, -0.1) is 11.3 Å². The van der Waals surface area contributed by atoms with Gasteiger partial charge in [-0.25, -0.2) is 4.79 Å². The summed E-state index contributed by atoms with van der Waals surface area (Å²) in [6, 6.07) is 14.9. The molecule has 0 aliphatic carbocycles.